The van der Waals surface area contributed by atoms with Crippen molar-refractivity contribution in [2.24, 2.45) is 5.41 Å². The van der Waals surface area contributed by atoms with Crippen LogP contribution in [0, 0.1) is 5.41 Å². The highest BCUT2D eigenvalue weighted by atomic mass is 35.5. The lowest BCUT2D eigenvalue weighted by molar-refractivity contribution is -0.138. The van der Waals surface area contributed by atoms with Crippen LogP contribution in [-0.4, -0.2) is 45.3 Å². The van der Waals surface area contributed by atoms with Crippen molar-refractivity contribution < 1.29 is 18.0 Å². The fourth-order valence-corrected chi connectivity index (χ4v) is 4.38. The van der Waals surface area contributed by atoms with E-state index in [0.29, 0.717) is 38.4 Å². The first-order valence-corrected chi connectivity index (χ1v) is 9.78. The smallest absolute Gasteiger partial charge is 0.336 e. The molecule has 2 fully saturated rings. The highest BCUT2D eigenvalue weighted by Crippen LogP contribution is 2.42. The van der Waals surface area contributed by atoms with Crippen LogP contribution in [-0.2, 0) is 24.1 Å². The van der Waals surface area contributed by atoms with E-state index in [2.05, 4.69) is 9.97 Å². The molecule has 0 N–H and O–H groups in total. The van der Waals surface area contributed by atoms with Crippen LogP contribution in [0.1, 0.15) is 29.8 Å². The van der Waals surface area contributed by atoms with Crippen LogP contribution in [0.4, 0.5) is 13.2 Å². The molecule has 1 spiro atoms. The summed E-state index contributed by atoms with van der Waals surface area (Å²) in [5.41, 5.74) is -0.0473. The molecule has 0 radical (unpaired) electrons. The first-order chi connectivity index (χ1) is 13.8. The molecular formula is C20H20ClF3N4O. The summed E-state index contributed by atoms with van der Waals surface area (Å²) in [7, 11) is 0. The summed E-state index contributed by atoms with van der Waals surface area (Å²) < 4.78 is 38.4. The quantitative estimate of drug-likeness (QED) is 0.749. The van der Waals surface area contributed by atoms with Crippen molar-refractivity contribution in [2.45, 2.75) is 32.1 Å². The number of pyridine rings is 2. The Kier molecular flexibility index (Phi) is 5.25. The van der Waals surface area contributed by atoms with Crippen LogP contribution < -0.4 is 0 Å². The maximum absolute atomic E-state index is 13.1. The van der Waals surface area contributed by atoms with E-state index < -0.39 is 17.2 Å². The lowest BCUT2D eigenvalue weighted by Gasteiger charge is -2.23. The van der Waals surface area contributed by atoms with Gasteiger partial charge in [-0.25, -0.2) is 0 Å². The SMILES string of the molecule is O=C1N(Cc2ccccn2)CCC12CCN(Cc1ncc(C(F)(F)F)cc1Cl)C2. The van der Waals surface area contributed by atoms with Crippen molar-refractivity contribution in [1.29, 1.82) is 0 Å². The molecule has 2 aromatic rings. The van der Waals surface area contributed by atoms with Gasteiger partial charge in [0.1, 0.15) is 0 Å². The predicted molar refractivity (Wildman–Crippen MR) is 101 cm³/mol. The first kappa shape index (κ1) is 20.1. The summed E-state index contributed by atoms with van der Waals surface area (Å²) in [6.07, 6.45) is -0.460. The largest absolute Gasteiger partial charge is 0.417 e. The van der Waals surface area contributed by atoms with Crippen LogP contribution in [0.25, 0.3) is 0 Å². The molecule has 0 bridgehead atoms. The number of aromatic nitrogens is 2. The van der Waals surface area contributed by atoms with Crippen molar-refractivity contribution in [1.82, 2.24) is 19.8 Å². The molecule has 9 heteroatoms. The fourth-order valence-electron chi connectivity index (χ4n) is 4.15. The Balaban J connectivity index is 1.41. The summed E-state index contributed by atoms with van der Waals surface area (Å²) in [6.45, 7) is 2.74. The number of hydrogen-bond acceptors (Lipinski definition) is 4. The third-order valence-corrected chi connectivity index (χ3v) is 6.06. The Hall–Kier alpha value is -2.19. The molecule has 1 atom stereocenters. The molecule has 29 heavy (non-hydrogen) atoms. The van der Waals surface area contributed by atoms with Gasteiger partial charge in [-0.3, -0.25) is 19.7 Å². The maximum atomic E-state index is 13.1. The number of hydrogen-bond donors (Lipinski definition) is 0. The topological polar surface area (TPSA) is 49.3 Å². The third-order valence-electron chi connectivity index (χ3n) is 5.73. The van der Waals surface area contributed by atoms with Crippen molar-refractivity contribution in [2.75, 3.05) is 19.6 Å². The molecule has 0 aromatic carbocycles. The highest BCUT2D eigenvalue weighted by Gasteiger charge is 2.50. The molecule has 2 aliphatic rings. The Morgan fingerprint density at radius 2 is 1.93 bits per heavy atom. The molecule has 1 unspecified atom stereocenters. The van der Waals surface area contributed by atoms with Crippen LogP contribution in [0.5, 0.6) is 0 Å². The first-order valence-electron chi connectivity index (χ1n) is 9.40. The second-order valence-corrected chi connectivity index (χ2v) is 8.10. The van der Waals surface area contributed by atoms with E-state index in [-0.39, 0.29) is 10.9 Å². The molecule has 2 aromatic heterocycles. The molecule has 5 nitrogen and oxygen atoms in total. The molecule has 154 valence electrons. The van der Waals surface area contributed by atoms with E-state index in [9.17, 15) is 18.0 Å². The summed E-state index contributed by atoms with van der Waals surface area (Å²) >= 11 is 6.04. The monoisotopic (exact) mass is 424 g/mol. The minimum Gasteiger partial charge on any atom is -0.336 e. The Morgan fingerprint density at radius 3 is 2.62 bits per heavy atom. The average molecular weight is 425 g/mol. The molecule has 4 heterocycles. The van der Waals surface area contributed by atoms with Crippen LogP contribution in [0.15, 0.2) is 36.7 Å². The van der Waals surface area contributed by atoms with Crippen molar-refractivity contribution in [3.63, 3.8) is 0 Å². The Bertz CT molecular complexity index is 908. The summed E-state index contributed by atoms with van der Waals surface area (Å²) in [6, 6.07) is 6.55. The zero-order chi connectivity index (χ0) is 20.6. The summed E-state index contributed by atoms with van der Waals surface area (Å²) in [4.78, 5) is 25.2. The summed E-state index contributed by atoms with van der Waals surface area (Å²) in [5, 5.41) is -0.00435. The molecule has 2 aliphatic heterocycles. The number of carbonyl (C=O) groups excluding carboxylic acids is 1. The molecule has 2 saturated heterocycles. The van der Waals surface area contributed by atoms with Gasteiger partial charge in [-0.1, -0.05) is 17.7 Å². The number of amides is 1. The van der Waals surface area contributed by atoms with E-state index in [1.54, 1.807) is 6.20 Å². The average Bonchev–Trinajstić information content (AvgIpc) is 3.22. The lowest BCUT2D eigenvalue weighted by atomic mass is 9.85. The normalized spacial score (nSPS) is 22.8. The number of nitrogens with zero attached hydrogens (tertiary/aromatic N) is 4. The zero-order valence-electron chi connectivity index (χ0n) is 15.6. The van der Waals surface area contributed by atoms with Gasteiger partial charge in [0, 0.05) is 32.0 Å². The van der Waals surface area contributed by atoms with Crippen LogP contribution in [0.3, 0.4) is 0 Å². The molecule has 4 rings (SSSR count). The van der Waals surface area contributed by atoms with Gasteiger partial charge in [-0.2, -0.15) is 13.2 Å². The van der Waals surface area contributed by atoms with E-state index in [1.165, 1.54) is 0 Å². The van der Waals surface area contributed by atoms with Gasteiger partial charge in [0.05, 0.1) is 33.9 Å². The zero-order valence-corrected chi connectivity index (χ0v) is 16.4. The van der Waals surface area contributed by atoms with Crippen molar-refractivity contribution in [3.8, 4) is 0 Å². The number of halogens is 4. The standard InChI is InChI=1S/C20H20ClF3N4O/c21-16-9-14(20(22,23)24)10-26-17(16)12-27-7-4-19(13-27)5-8-28(18(19)29)11-15-3-1-2-6-25-15/h1-3,6,9-10H,4-5,7-8,11-13H2. The fraction of sp³-hybridized carbons (Fsp3) is 0.450. The lowest BCUT2D eigenvalue weighted by Crippen LogP contribution is -2.36. The minimum absolute atomic E-state index is 0.00435. The molecule has 0 aliphatic carbocycles. The number of carbonyl (C=O) groups is 1. The maximum Gasteiger partial charge on any atom is 0.417 e. The van der Waals surface area contributed by atoms with Crippen molar-refractivity contribution in [3.05, 3.63) is 58.6 Å². The van der Waals surface area contributed by atoms with Crippen LogP contribution >= 0.6 is 11.6 Å². The van der Waals surface area contributed by atoms with Gasteiger partial charge in [-0.15, -0.1) is 0 Å². The van der Waals surface area contributed by atoms with E-state index in [4.69, 9.17) is 11.6 Å². The third kappa shape index (κ3) is 4.09. The Labute approximate surface area is 171 Å². The second kappa shape index (κ2) is 7.57. The summed E-state index contributed by atoms with van der Waals surface area (Å²) in [5.74, 6) is 0.122. The van der Waals surface area contributed by atoms with Gasteiger partial charge in [0.25, 0.3) is 0 Å². The van der Waals surface area contributed by atoms with E-state index in [1.807, 2.05) is 28.0 Å². The number of likely N-dealkylation sites (tertiary alicyclic amines) is 2. The van der Waals surface area contributed by atoms with Gasteiger partial charge in [0.15, 0.2) is 0 Å². The van der Waals surface area contributed by atoms with E-state index in [0.717, 1.165) is 30.8 Å². The minimum atomic E-state index is -4.47. The Morgan fingerprint density at radius 1 is 1.14 bits per heavy atom. The molecule has 1 amide bonds. The predicted octanol–water partition coefficient (Wildman–Crippen LogP) is 3.77. The van der Waals surface area contributed by atoms with Gasteiger partial charge < -0.3 is 4.90 Å². The van der Waals surface area contributed by atoms with Gasteiger partial charge in [-0.05, 0) is 37.6 Å². The molecule has 0 saturated carbocycles. The van der Waals surface area contributed by atoms with Gasteiger partial charge in [0.2, 0.25) is 5.91 Å². The van der Waals surface area contributed by atoms with Gasteiger partial charge >= 0.3 is 6.18 Å². The van der Waals surface area contributed by atoms with Crippen molar-refractivity contribution >= 4 is 17.5 Å². The number of alkyl halides is 3. The second-order valence-electron chi connectivity index (χ2n) is 7.69. The molecular weight excluding hydrogens is 405 g/mol. The van der Waals surface area contributed by atoms with Crippen LogP contribution in [0.2, 0.25) is 5.02 Å². The van der Waals surface area contributed by atoms with E-state index >= 15 is 0 Å². The highest BCUT2D eigenvalue weighted by molar-refractivity contribution is 6.31. The number of rotatable bonds is 4.